The zero-order valence-electron chi connectivity index (χ0n) is 13.0. The van der Waals surface area contributed by atoms with Gasteiger partial charge in [0.15, 0.2) is 0 Å². The molecule has 0 aromatic heterocycles. The van der Waals surface area contributed by atoms with Crippen molar-refractivity contribution < 1.29 is 9.53 Å². The Morgan fingerprint density at radius 1 is 1.26 bits per heavy atom. The number of carbonyl (C=O) groups excluding carboxylic acids is 1. The highest BCUT2D eigenvalue weighted by molar-refractivity contribution is 5.79. The molecule has 2 atom stereocenters. The largest absolute Gasteiger partial charge is 0.378 e. The van der Waals surface area contributed by atoms with E-state index in [1.54, 1.807) is 7.11 Å². The molecule has 0 aromatic rings. The molecule has 0 spiro atoms. The predicted octanol–water partition coefficient (Wildman–Crippen LogP) is 1.65. The molecule has 1 N–H and O–H groups in total. The molecule has 4 heteroatoms. The number of hydrogen-bond donors (Lipinski definition) is 1. The van der Waals surface area contributed by atoms with Crippen LogP contribution >= 0.6 is 0 Å². The van der Waals surface area contributed by atoms with E-state index in [1.165, 1.54) is 0 Å². The average molecular weight is 268 g/mol. The molecule has 1 saturated heterocycles. The van der Waals surface area contributed by atoms with Crippen molar-refractivity contribution in [3.63, 3.8) is 0 Å². The van der Waals surface area contributed by atoms with Crippen molar-refractivity contribution >= 4 is 5.91 Å². The summed E-state index contributed by atoms with van der Waals surface area (Å²) in [6.45, 7) is 8.49. The maximum Gasteiger partial charge on any atom is 0.225 e. The Bertz CT molecular complexity index is 350. The molecule has 1 heterocycles. The fraction of sp³-hybridized carbons (Fsp3) is 0.933. The Morgan fingerprint density at radius 3 is 2.32 bits per heavy atom. The van der Waals surface area contributed by atoms with Crippen molar-refractivity contribution in [1.82, 2.24) is 10.2 Å². The molecule has 2 aliphatic rings. The van der Waals surface area contributed by atoms with E-state index in [1.807, 2.05) is 11.9 Å². The molecule has 0 aromatic carbocycles. The number of carbonyl (C=O) groups is 1. The predicted molar refractivity (Wildman–Crippen MR) is 76.0 cm³/mol. The summed E-state index contributed by atoms with van der Waals surface area (Å²) in [5.41, 5.74) is -0.0978. The van der Waals surface area contributed by atoms with Crippen molar-refractivity contribution in [2.24, 2.45) is 11.3 Å². The van der Waals surface area contributed by atoms with E-state index >= 15 is 0 Å². The fourth-order valence-corrected chi connectivity index (χ4v) is 3.59. The normalized spacial score (nSPS) is 34.7. The highest BCUT2D eigenvalue weighted by Gasteiger charge is 2.60. The van der Waals surface area contributed by atoms with Crippen LogP contribution in [-0.2, 0) is 9.53 Å². The minimum Gasteiger partial charge on any atom is -0.378 e. The molecule has 1 aliphatic carbocycles. The molecule has 2 fully saturated rings. The molecule has 0 bridgehead atoms. The number of nitrogens with zero attached hydrogens (tertiary/aromatic N) is 1. The van der Waals surface area contributed by atoms with E-state index in [9.17, 15) is 4.79 Å². The Morgan fingerprint density at radius 2 is 1.84 bits per heavy atom. The number of nitrogens with one attached hydrogen (secondary N) is 1. The van der Waals surface area contributed by atoms with Gasteiger partial charge in [0.2, 0.25) is 5.91 Å². The van der Waals surface area contributed by atoms with Gasteiger partial charge in [-0.05, 0) is 39.3 Å². The molecular weight excluding hydrogens is 240 g/mol. The van der Waals surface area contributed by atoms with Crippen LogP contribution in [0.3, 0.4) is 0 Å². The highest BCUT2D eigenvalue weighted by Crippen LogP contribution is 2.53. The van der Waals surface area contributed by atoms with Crippen molar-refractivity contribution in [3.05, 3.63) is 0 Å². The summed E-state index contributed by atoms with van der Waals surface area (Å²) < 4.78 is 5.65. The highest BCUT2D eigenvalue weighted by atomic mass is 16.5. The van der Waals surface area contributed by atoms with Gasteiger partial charge in [-0.1, -0.05) is 13.8 Å². The second-order valence-electron chi connectivity index (χ2n) is 6.85. The minimum atomic E-state index is -0.111. The van der Waals surface area contributed by atoms with Gasteiger partial charge in [0.05, 0.1) is 5.60 Å². The lowest BCUT2D eigenvalue weighted by molar-refractivity contribution is -0.208. The molecule has 2 rings (SSSR count). The van der Waals surface area contributed by atoms with Crippen LogP contribution in [0.2, 0.25) is 0 Å². The number of methoxy groups -OCH3 is 1. The van der Waals surface area contributed by atoms with Crippen LogP contribution in [0.15, 0.2) is 0 Å². The lowest BCUT2D eigenvalue weighted by Gasteiger charge is -2.61. The van der Waals surface area contributed by atoms with Crippen molar-refractivity contribution in [1.29, 1.82) is 0 Å². The Balaban J connectivity index is 2.01. The summed E-state index contributed by atoms with van der Waals surface area (Å²) in [6, 6.07) is 0.292. The summed E-state index contributed by atoms with van der Waals surface area (Å²) in [4.78, 5) is 14.6. The van der Waals surface area contributed by atoms with Crippen LogP contribution in [0.4, 0.5) is 0 Å². The quantitative estimate of drug-likeness (QED) is 0.846. The standard InChI is InChI=1S/C15H28N2O2/c1-14(2)12(10-15(14,3)19-5)17(4)13(18)11-6-8-16-9-7-11/h11-12,16H,6-10H2,1-5H3. The fourth-order valence-electron chi connectivity index (χ4n) is 3.59. The van der Waals surface area contributed by atoms with Crippen molar-refractivity contribution in [3.8, 4) is 0 Å². The molecule has 0 radical (unpaired) electrons. The third kappa shape index (κ3) is 2.29. The molecule has 4 nitrogen and oxygen atoms in total. The maximum absolute atomic E-state index is 12.6. The Hall–Kier alpha value is -0.610. The number of amides is 1. The van der Waals surface area contributed by atoms with Gasteiger partial charge >= 0.3 is 0 Å². The summed E-state index contributed by atoms with van der Waals surface area (Å²) in [6.07, 6.45) is 2.87. The maximum atomic E-state index is 12.6. The van der Waals surface area contributed by atoms with Gasteiger partial charge in [-0.3, -0.25) is 4.79 Å². The second kappa shape index (κ2) is 5.06. The van der Waals surface area contributed by atoms with Crippen molar-refractivity contribution in [2.75, 3.05) is 27.2 Å². The first kappa shape index (κ1) is 14.8. The third-order valence-corrected chi connectivity index (χ3v) is 5.73. The van der Waals surface area contributed by atoms with Crippen LogP contribution in [0.1, 0.15) is 40.0 Å². The average Bonchev–Trinajstić information content (AvgIpc) is 2.43. The van der Waals surface area contributed by atoms with Gasteiger partial charge < -0.3 is 15.0 Å². The van der Waals surface area contributed by atoms with Crippen molar-refractivity contribution in [2.45, 2.75) is 51.7 Å². The van der Waals surface area contributed by atoms with E-state index in [2.05, 4.69) is 26.1 Å². The van der Waals surface area contributed by atoms with Gasteiger partial charge in [-0.2, -0.15) is 0 Å². The summed E-state index contributed by atoms with van der Waals surface area (Å²) in [5, 5.41) is 3.31. The molecule has 1 amide bonds. The number of hydrogen-bond acceptors (Lipinski definition) is 3. The minimum absolute atomic E-state index is 0.0130. The molecule has 1 aliphatic heterocycles. The summed E-state index contributed by atoms with van der Waals surface area (Å²) in [7, 11) is 3.73. The van der Waals surface area contributed by atoms with E-state index < -0.39 is 0 Å². The van der Waals surface area contributed by atoms with Gasteiger partial charge in [-0.25, -0.2) is 0 Å². The van der Waals surface area contributed by atoms with Gasteiger partial charge in [0.1, 0.15) is 0 Å². The van der Waals surface area contributed by atoms with Gasteiger partial charge in [-0.15, -0.1) is 0 Å². The number of ether oxygens (including phenoxy) is 1. The molecule has 2 unspecified atom stereocenters. The third-order valence-electron chi connectivity index (χ3n) is 5.73. The second-order valence-corrected chi connectivity index (χ2v) is 6.85. The van der Waals surface area contributed by atoms with Gasteiger partial charge in [0, 0.05) is 31.5 Å². The van der Waals surface area contributed by atoms with Crippen LogP contribution in [-0.4, -0.2) is 49.7 Å². The first-order valence-electron chi connectivity index (χ1n) is 7.36. The zero-order chi connectivity index (χ0) is 14.3. The smallest absolute Gasteiger partial charge is 0.225 e. The van der Waals surface area contributed by atoms with Crippen LogP contribution in [0.5, 0.6) is 0 Å². The lowest BCUT2D eigenvalue weighted by atomic mass is 9.55. The number of rotatable bonds is 3. The monoisotopic (exact) mass is 268 g/mol. The first-order valence-corrected chi connectivity index (χ1v) is 7.36. The molecule has 1 saturated carbocycles. The van der Waals surface area contributed by atoms with E-state index in [0.717, 1.165) is 32.4 Å². The van der Waals surface area contributed by atoms with E-state index in [0.29, 0.717) is 11.9 Å². The van der Waals surface area contributed by atoms with Crippen LogP contribution in [0, 0.1) is 11.3 Å². The molecular formula is C15H28N2O2. The molecule has 110 valence electrons. The topological polar surface area (TPSA) is 41.6 Å². The Kier molecular flexibility index (Phi) is 3.94. The van der Waals surface area contributed by atoms with Crippen LogP contribution in [0.25, 0.3) is 0 Å². The first-order chi connectivity index (χ1) is 8.83. The number of piperidine rings is 1. The molecule has 19 heavy (non-hydrogen) atoms. The summed E-state index contributed by atoms with van der Waals surface area (Å²) in [5.74, 6) is 0.522. The lowest BCUT2D eigenvalue weighted by Crippen LogP contribution is -2.69. The Labute approximate surface area is 116 Å². The van der Waals surface area contributed by atoms with E-state index in [4.69, 9.17) is 4.74 Å². The van der Waals surface area contributed by atoms with Gasteiger partial charge in [0.25, 0.3) is 0 Å². The summed E-state index contributed by atoms with van der Waals surface area (Å²) >= 11 is 0. The SMILES string of the molecule is COC1(C)CC(N(C)C(=O)C2CCNCC2)C1(C)C. The van der Waals surface area contributed by atoms with E-state index in [-0.39, 0.29) is 16.9 Å². The zero-order valence-corrected chi connectivity index (χ0v) is 13.0. The van der Waals surface area contributed by atoms with Crippen LogP contribution < -0.4 is 5.32 Å².